The van der Waals surface area contributed by atoms with Crippen molar-refractivity contribution < 1.29 is 4.21 Å². The summed E-state index contributed by atoms with van der Waals surface area (Å²) in [6, 6.07) is 3.51. The molecular formula is C11H13Cl2NOS. The number of halogens is 2. The van der Waals surface area contributed by atoms with E-state index in [1.807, 2.05) is 13.8 Å². The minimum atomic E-state index is -1.07. The molecule has 1 aromatic rings. The van der Waals surface area contributed by atoms with Gasteiger partial charge in [-0.15, -0.1) is 0 Å². The Bertz CT molecular complexity index is 450. The summed E-state index contributed by atoms with van der Waals surface area (Å²) < 4.78 is 12.2. The van der Waals surface area contributed by atoms with Gasteiger partial charge in [0.1, 0.15) is 0 Å². The molecule has 0 radical (unpaired) electrons. The van der Waals surface area contributed by atoms with Gasteiger partial charge in [-0.05, 0) is 25.6 Å². The van der Waals surface area contributed by atoms with Gasteiger partial charge in [0.2, 0.25) is 0 Å². The van der Waals surface area contributed by atoms with Gasteiger partial charge in [0.05, 0.1) is 26.0 Å². The van der Waals surface area contributed by atoms with Gasteiger partial charge in [-0.3, -0.25) is 4.21 Å². The molecular weight excluding hydrogens is 265 g/mol. The molecule has 0 saturated carbocycles. The standard InChI is InChI=1S/C11H13Cl2NOS/c1-3-14-10-6(2)16(15)11-8(13)5-4-7(12)9(10)11/h4-6,10,14H,3H2,1-2H3. The van der Waals surface area contributed by atoms with Crippen molar-refractivity contribution in [1.82, 2.24) is 5.32 Å². The topological polar surface area (TPSA) is 29.1 Å². The molecule has 0 aromatic heterocycles. The Morgan fingerprint density at radius 3 is 2.62 bits per heavy atom. The van der Waals surface area contributed by atoms with Gasteiger partial charge in [-0.1, -0.05) is 30.1 Å². The van der Waals surface area contributed by atoms with E-state index in [4.69, 9.17) is 23.2 Å². The van der Waals surface area contributed by atoms with Gasteiger partial charge >= 0.3 is 0 Å². The van der Waals surface area contributed by atoms with Crippen LogP contribution in [0.2, 0.25) is 10.0 Å². The largest absolute Gasteiger partial charge is 0.309 e. The molecule has 2 rings (SSSR count). The van der Waals surface area contributed by atoms with E-state index in [1.54, 1.807) is 12.1 Å². The van der Waals surface area contributed by atoms with Gasteiger partial charge in [-0.25, -0.2) is 0 Å². The predicted molar refractivity (Wildman–Crippen MR) is 68.8 cm³/mol. The van der Waals surface area contributed by atoms with Crippen molar-refractivity contribution in [3.05, 3.63) is 27.7 Å². The summed E-state index contributed by atoms with van der Waals surface area (Å²) in [5.74, 6) is 0. The lowest BCUT2D eigenvalue weighted by Gasteiger charge is -2.16. The minimum absolute atomic E-state index is 0.00681. The molecule has 0 fully saturated rings. The zero-order chi connectivity index (χ0) is 11.9. The fraction of sp³-hybridized carbons (Fsp3) is 0.455. The van der Waals surface area contributed by atoms with Crippen LogP contribution >= 0.6 is 23.2 Å². The smallest absolute Gasteiger partial charge is 0.0640 e. The number of rotatable bonds is 2. The normalized spacial score (nSPS) is 28.1. The maximum Gasteiger partial charge on any atom is 0.0640 e. The Hall–Kier alpha value is -0.0900. The van der Waals surface area contributed by atoms with Crippen molar-refractivity contribution in [3.8, 4) is 0 Å². The molecule has 3 atom stereocenters. The van der Waals surface area contributed by atoms with Crippen LogP contribution in [0.1, 0.15) is 25.5 Å². The molecule has 0 aliphatic carbocycles. The highest BCUT2D eigenvalue weighted by Crippen LogP contribution is 2.43. The summed E-state index contributed by atoms with van der Waals surface area (Å²) >= 11 is 12.3. The van der Waals surface area contributed by atoms with Crippen LogP contribution in [-0.2, 0) is 10.8 Å². The SMILES string of the molecule is CCNC1c2c(Cl)ccc(Cl)c2S(=O)C1C. The molecule has 1 aliphatic rings. The van der Waals surface area contributed by atoms with E-state index in [1.165, 1.54) is 0 Å². The van der Waals surface area contributed by atoms with E-state index >= 15 is 0 Å². The maximum absolute atomic E-state index is 12.2. The van der Waals surface area contributed by atoms with Crippen LogP contribution < -0.4 is 5.32 Å². The molecule has 1 N–H and O–H groups in total. The third-order valence-electron chi connectivity index (χ3n) is 2.84. The Morgan fingerprint density at radius 2 is 2.00 bits per heavy atom. The average Bonchev–Trinajstić information content (AvgIpc) is 2.50. The summed E-state index contributed by atoms with van der Waals surface area (Å²) in [5, 5.41) is 4.51. The Labute approximate surface area is 108 Å². The second-order valence-electron chi connectivity index (χ2n) is 3.81. The molecule has 88 valence electrons. The second-order valence-corrected chi connectivity index (χ2v) is 6.37. The summed E-state index contributed by atoms with van der Waals surface area (Å²) in [6.07, 6.45) is 0. The predicted octanol–water partition coefficient (Wildman–Crippen LogP) is 3.15. The van der Waals surface area contributed by atoms with E-state index in [9.17, 15) is 4.21 Å². The molecule has 2 nitrogen and oxygen atoms in total. The van der Waals surface area contributed by atoms with E-state index in [2.05, 4.69) is 5.32 Å². The molecule has 0 saturated heterocycles. The van der Waals surface area contributed by atoms with Crippen molar-refractivity contribution in [1.29, 1.82) is 0 Å². The first-order chi connectivity index (χ1) is 7.57. The summed E-state index contributed by atoms with van der Waals surface area (Å²) in [5.41, 5.74) is 0.904. The molecule has 16 heavy (non-hydrogen) atoms. The van der Waals surface area contributed by atoms with Crippen LogP contribution in [0, 0.1) is 0 Å². The van der Waals surface area contributed by atoms with Gasteiger partial charge in [0.25, 0.3) is 0 Å². The highest BCUT2D eigenvalue weighted by molar-refractivity contribution is 7.86. The van der Waals surface area contributed by atoms with Crippen molar-refractivity contribution in [3.63, 3.8) is 0 Å². The lowest BCUT2D eigenvalue weighted by molar-refractivity contribution is 0.547. The van der Waals surface area contributed by atoms with E-state index in [0.29, 0.717) is 14.9 Å². The van der Waals surface area contributed by atoms with Gasteiger partial charge in [0, 0.05) is 16.6 Å². The van der Waals surface area contributed by atoms with Crippen LogP contribution in [0.3, 0.4) is 0 Å². The fourth-order valence-corrected chi connectivity index (χ4v) is 4.36. The van der Waals surface area contributed by atoms with Crippen molar-refractivity contribution >= 4 is 34.0 Å². The first-order valence-electron chi connectivity index (χ1n) is 5.19. The van der Waals surface area contributed by atoms with Crippen LogP contribution in [-0.4, -0.2) is 16.0 Å². The highest BCUT2D eigenvalue weighted by Gasteiger charge is 2.38. The maximum atomic E-state index is 12.2. The molecule has 5 heteroatoms. The first-order valence-corrected chi connectivity index (χ1v) is 7.16. The quantitative estimate of drug-likeness (QED) is 0.900. The van der Waals surface area contributed by atoms with E-state index in [-0.39, 0.29) is 11.3 Å². The van der Waals surface area contributed by atoms with Gasteiger partial charge in [-0.2, -0.15) is 0 Å². The van der Waals surface area contributed by atoms with Crippen molar-refractivity contribution in [2.45, 2.75) is 30.0 Å². The third kappa shape index (κ3) is 1.80. The highest BCUT2D eigenvalue weighted by atomic mass is 35.5. The number of nitrogens with one attached hydrogen (secondary N) is 1. The summed E-state index contributed by atoms with van der Waals surface area (Å²) in [4.78, 5) is 0.701. The zero-order valence-electron chi connectivity index (χ0n) is 9.09. The fourth-order valence-electron chi connectivity index (χ4n) is 2.08. The van der Waals surface area contributed by atoms with Crippen molar-refractivity contribution in [2.75, 3.05) is 6.54 Å². The minimum Gasteiger partial charge on any atom is -0.309 e. The average molecular weight is 278 g/mol. The lowest BCUT2D eigenvalue weighted by Crippen LogP contribution is -2.27. The van der Waals surface area contributed by atoms with Crippen LogP contribution in [0.25, 0.3) is 0 Å². The van der Waals surface area contributed by atoms with Gasteiger partial charge < -0.3 is 5.32 Å². The van der Waals surface area contributed by atoms with Crippen LogP contribution in [0.5, 0.6) is 0 Å². The summed E-state index contributed by atoms with van der Waals surface area (Å²) in [6.45, 7) is 4.79. The van der Waals surface area contributed by atoms with E-state index in [0.717, 1.165) is 12.1 Å². The number of hydrogen-bond acceptors (Lipinski definition) is 2. The molecule has 1 heterocycles. The third-order valence-corrected chi connectivity index (χ3v) is 5.38. The van der Waals surface area contributed by atoms with Crippen LogP contribution in [0.4, 0.5) is 0 Å². The second kappa shape index (κ2) is 4.65. The van der Waals surface area contributed by atoms with Crippen molar-refractivity contribution in [2.24, 2.45) is 0 Å². The molecule has 0 bridgehead atoms. The monoisotopic (exact) mass is 277 g/mol. The van der Waals surface area contributed by atoms with E-state index < -0.39 is 10.8 Å². The molecule has 1 aromatic carbocycles. The number of fused-ring (bicyclic) bond motifs is 1. The molecule has 0 amide bonds. The first kappa shape index (κ1) is 12.4. The Balaban J connectivity index is 2.60. The molecule has 0 spiro atoms. The van der Waals surface area contributed by atoms with Gasteiger partial charge in [0.15, 0.2) is 0 Å². The number of hydrogen-bond donors (Lipinski definition) is 1. The Morgan fingerprint density at radius 1 is 1.38 bits per heavy atom. The van der Waals surface area contributed by atoms with Crippen LogP contribution in [0.15, 0.2) is 17.0 Å². The molecule has 3 unspecified atom stereocenters. The molecule has 1 aliphatic heterocycles. The lowest BCUT2D eigenvalue weighted by atomic mass is 10.0. The zero-order valence-corrected chi connectivity index (χ0v) is 11.4. The summed E-state index contributed by atoms with van der Waals surface area (Å²) in [7, 11) is -1.07. The Kier molecular flexibility index (Phi) is 3.59. The number of benzene rings is 1.